The second kappa shape index (κ2) is 7.41. The molecule has 4 rings (SSSR count). The smallest absolute Gasteiger partial charge is 0.178 e. The summed E-state index contributed by atoms with van der Waals surface area (Å²) >= 11 is 0. The van der Waals surface area contributed by atoms with Crippen molar-refractivity contribution in [1.29, 1.82) is 0 Å². The molecule has 0 unspecified atom stereocenters. The molecule has 2 N–H and O–H groups in total. The summed E-state index contributed by atoms with van der Waals surface area (Å²) in [5, 5.41) is 23.2. The van der Waals surface area contributed by atoms with Crippen LogP contribution in [-0.2, 0) is 4.79 Å². The highest BCUT2D eigenvalue weighted by Crippen LogP contribution is 2.25. The summed E-state index contributed by atoms with van der Waals surface area (Å²) in [6.45, 7) is 0. The lowest BCUT2D eigenvalue weighted by Gasteiger charge is -2.03. The molecular weight excluding hydrogens is 348 g/mol. The Labute approximate surface area is 162 Å². The van der Waals surface area contributed by atoms with Crippen LogP contribution < -0.4 is 0 Å². The molecule has 3 heteroatoms. The van der Waals surface area contributed by atoms with Gasteiger partial charge in [-0.3, -0.25) is 4.79 Å². The lowest BCUT2D eigenvalue weighted by molar-refractivity contribution is -0.110. The lowest BCUT2D eigenvalue weighted by Crippen LogP contribution is -1.86. The number of phenols is 2. The molecule has 0 spiro atoms. The highest BCUT2D eigenvalue weighted by molar-refractivity contribution is 6.07. The van der Waals surface area contributed by atoms with Gasteiger partial charge in [-0.25, -0.2) is 0 Å². The number of aromatic hydroxyl groups is 2. The summed E-state index contributed by atoms with van der Waals surface area (Å²) < 4.78 is 0. The molecule has 0 atom stereocenters. The van der Waals surface area contributed by atoms with Crippen LogP contribution in [0, 0.1) is 0 Å². The van der Waals surface area contributed by atoms with E-state index in [9.17, 15) is 15.0 Å². The summed E-state index contributed by atoms with van der Waals surface area (Å²) in [7, 11) is 0. The Morgan fingerprint density at radius 2 is 1.11 bits per heavy atom. The SMILES string of the molecule is O=C(C=Cc1cccc2ccc(O)cc12)C=Cc1cccc2ccc(O)cc12. The fourth-order valence-corrected chi connectivity index (χ4v) is 3.26. The number of hydrogen-bond acceptors (Lipinski definition) is 3. The van der Waals surface area contributed by atoms with E-state index in [-0.39, 0.29) is 17.3 Å². The third kappa shape index (κ3) is 3.64. The Morgan fingerprint density at radius 1 is 0.643 bits per heavy atom. The van der Waals surface area contributed by atoms with Gasteiger partial charge in [-0.05, 0) is 69.1 Å². The fourth-order valence-electron chi connectivity index (χ4n) is 3.26. The Bertz CT molecular complexity index is 1150. The van der Waals surface area contributed by atoms with Crippen molar-refractivity contribution >= 4 is 39.5 Å². The van der Waals surface area contributed by atoms with E-state index in [4.69, 9.17) is 0 Å². The second-order valence-electron chi connectivity index (χ2n) is 6.57. The van der Waals surface area contributed by atoms with Gasteiger partial charge in [0.15, 0.2) is 5.78 Å². The quantitative estimate of drug-likeness (QED) is 0.456. The maximum atomic E-state index is 12.3. The summed E-state index contributed by atoms with van der Waals surface area (Å²) in [4.78, 5) is 12.3. The van der Waals surface area contributed by atoms with E-state index in [1.54, 1.807) is 36.4 Å². The first-order chi connectivity index (χ1) is 13.6. The number of carbonyl (C=O) groups is 1. The van der Waals surface area contributed by atoms with Crippen LogP contribution in [0.15, 0.2) is 84.9 Å². The molecule has 0 fully saturated rings. The van der Waals surface area contributed by atoms with Crippen molar-refractivity contribution in [3.05, 3.63) is 96.1 Å². The number of benzene rings is 4. The predicted octanol–water partition coefficient (Wildman–Crippen LogP) is 5.70. The Balaban J connectivity index is 1.60. The molecule has 0 saturated heterocycles. The van der Waals surface area contributed by atoms with E-state index in [1.165, 1.54) is 12.2 Å². The zero-order valence-electron chi connectivity index (χ0n) is 15.0. The average molecular weight is 366 g/mol. The minimum absolute atomic E-state index is 0.144. The van der Waals surface area contributed by atoms with E-state index in [2.05, 4.69) is 0 Å². The Kier molecular flexibility index (Phi) is 4.65. The normalized spacial score (nSPS) is 11.7. The molecule has 0 radical (unpaired) electrons. The van der Waals surface area contributed by atoms with Gasteiger partial charge in [-0.1, -0.05) is 60.7 Å². The molecule has 0 saturated carbocycles. The van der Waals surface area contributed by atoms with Crippen LogP contribution in [-0.4, -0.2) is 16.0 Å². The molecule has 0 heterocycles. The van der Waals surface area contributed by atoms with Crippen LogP contribution >= 0.6 is 0 Å². The van der Waals surface area contributed by atoms with Gasteiger partial charge in [0, 0.05) is 0 Å². The molecule has 136 valence electrons. The van der Waals surface area contributed by atoms with Crippen molar-refractivity contribution in [1.82, 2.24) is 0 Å². The zero-order chi connectivity index (χ0) is 19.5. The van der Waals surface area contributed by atoms with Crippen molar-refractivity contribution in [3.8, 4) is 11.5 Å². The summed E-state index contributed by atoms with van der Waals surface area (Å²) in [5.41, 5.74) is 1.73. The Hall–Kier alpha value is -3.85. The van der Waals surface area contributed by atoms with Crippen LogP contribution in [0.25, 0.3) is 33.7 Å². The first kappa shape index (κ1) is 17.6. The zero-order valence-corrected chi connectivity index (χ0v) is 15.0. The van der Waals surface area contributed by atoms with Crippen molar-refractivity contribution < 1.29 is 15.0 Å². The van der Waals surface area contributed by atoms with Crippen LogP contribution in [0.5, 0.6) is 11.5 Å². The van der Waals surface area contributed by atoms with Gasteiger partial charge in [0.1, 0.15) is 11.5 Å². The first-order valence-electron chi connectivity index (χ1n) is 8.94. The molecule has 0 bridgehead atoms. The van der Waals surface area contributed by atoms with E-state index in [0.717, 1.165) is 32.7 Å². The third-order valence-electron chi connectivity index (χ3n) is 4.65. The molecule has 0 aromatic heterocycles. The number of hydrogen-bond donors (Lipinski definition) is 2. The number of ketones is 1. The minimum Gasteiger partial charge on any atom is -0.508 e. The molecule has 4 aromatic carbocycles. The van der Waals surface area contributed by atoms with Gasteiger partial charge in [0.25, 0.3) is 0 Å². The average Bonchev–Trinajstić information content (AvgIpc) is 2.70. The molecule has 0 aliphatic carbocycles. The number of fused-ring (bicyclic) bond motifs is 2. The van der Waals surface area contributed by atoms with E-state index >= 15 is 0 Å². The third-order valence-corrected chi connectivity index (χ3v) is 4.65. The highest BCUT2D eigenvalue weighted by atomic mass is 16.3. The Morgan fingerprint density at radius 3 is 1.57 bits per heavy atom. The number of rotatable bonds is 4. The molecule has 0 aliphatic rings. The van der Waals surface area contributed by atoms with Crippen LogP contribution in [0.3, 0.4) is 0 Å². The van der Waals surface area contributed by atoms with Crippen LogP contribution in [0.4, 0.5) is 0 Å². The van der Waals surface area contributed by atoms with Crippen LogP contribution in [0.1, 0.15) is 11.1 Å². The van der Waals surface area contributed by atoms with Crippen LogP contribution in [0.2, 0.25) is 0 Å². The van der Waals surface area contributed by atoms with Gasteiger partial charge in [0.05, 0.1) is 0 Å². The van der Waals surface area contributed by atoms with E-state index < -0.39 is 0 Å². The fraction of sp³-hybridized carbons (Fsp3) is 0. The van der Waals surface area contributed by atoms with E-state index in [0.29, 0.717) is 0 Å². The minimum atomic E-state index is -0.144. The number of phenolic OH excluding ortho intramolecular Hbond substituents is 2. The van der Waals surface area contributed by atoms with Gasteiger partial charge in [0.2, 0.25) is 0 Å². The summed E-state index contributed by atoms with van der Waals surface area (Å²) in [6.07, 6.45) is 6.53. The summed E-state index contributed by atoms with van der Waals surface area (Å²) in [5.74, 6) is 0.242. The van der Waals surface area contributed by atoms with Gasteiger partial charge in [-0.15, -0.1) is 0 Å². The molecule has 0 aliphatic heterocycles. The monoisotopic (exact) mass is 366 g/mol. The second-order valence-corrected chi connectivity index (χ2v) is 6.57. The topological polar surface area (TPSA) is 57.5 Å². The van der Waals surface area contributed by atoms with Gasteiger partial charge >= 0.3 is 0 Å². The van der Waals surface area contributed by atoms with Crippen molar-refractivity contribution in [3.63, 3.8) is 0 Å². The highest BCUT2D eigenvalue weighted by Gasteiger charge is 2.02. The maximum absolute atomic E-state index is 12.3. The maximum Gasteiger partial charge on any atom is 0.178 e. The van der Waals surface area contributed by atoms with Gasteiger partial charge < -0.3 is 10.2 Å². The molecule has 3 nitrogen and oxygen atoms in total. The summed E-state index contributed by atoms with van der Waals surface area (Å²) in [6, 6.07) is 21.9. The first-order valence-corrected chi connectivity index (χ1v) is 8.94. The number of carbonyl (C=O) groups excluding carboxylic acids is 1. The molecule has 28 heavy (non-hydrogen) atoms. The molecule has 0 amide bonds. The van der Waals surface area contributed by atoms with Crippen molar-refractivity contribution in [2.75, 3.05) is 0 Å². The van der Waals surface area contributed by atoms with E-state index in [1.807, 2.05) is 48.5 Å². The van der Waals surface area contributed by atoms with Crippen molar-refractivity contribution in [2.24, 2.45) is 0 Å². The predicted molar refractivity (Wildman–Crippen MR) is 114 cm³/mol. The van der Waals surface area contributed by atoms with Gasteiger partial charge in [-0.2, -0.15) is 0 Å². The molecule has 4 aromatic rings. The number of allylic oxidation sites excluding steroid dienone is 2. The molecular formula is C25H18O3. The van der Waals surface area contributed by atoms with Crippen molar-refractivity contribution in [2.45, 2.75) is 0 Å². The largest absolute Gasteiger partial charge is 0.508 e. The standard InChI is InChI=1S/C25H18O3/c26-21(11-7-17-3-1-5-19-9-13-22(27)15-24(17)19)12-8-18-4-2-6-20-10-14-23(28)16-25(18)20/h1-16,27-28H. The lowest BCUT2D eigenvalue weighted by atomic mass is 10.0.